The zero-order valence-corrected chi connectivity index (χ0v) is 12.1. The Morgan fingerprint density at radius 3 is 2.41 bits per heavy atom. The molecule has 0 spiro atoms. The molecule has 0 atom stereocenters. The van der Waals surface area contributed by atoms with Gasteiger partial charge in [-0.25, -0.2) is 0 Å². The lowest BCUT2D eigenvalue weighted by molar-refractivity contribution is 1.53. The van der Waals surface area contributed by atoms with Crippen LogP contribution in [0.25, 0.3) is 27.9 Å². The van der Waals surface area contributed by atoms with Gasteiger partial charge < -0.3 is 10.3 Å². The van der Waals surface area contributed by atoms with E-state index in [-0.39, 0.29) is 0 Å². The summed E-state index contributed by atoms with van der Waals surface area (Å²) in [6, 6.07) is 22.8. The van der Waals surface area contributed by atoms with E-state index in [0.29, 0.717) is 0 Å². The van der Waals surface area contributed by atoms with Crippen LogP contribution in [0.15, 0.2) is 73.3 Å². The summed E-state index contributed by atoms with van der Waals surface area (Å²) in [6.45, 7) is 3.95. The molecule has 4 rings (SSSR count). The monoisotopic (exact) mass is 284 g/mol. The first-order chi connectivity index (χ1) is 10.9. The molecule has 0 radical (unpaired) electrons. The molecular formula is C20H16N2. The maximum Gasteiger partial charge on any atom is 0.0559 e. The number of hydrogen-bond donors (Lipinski definition) is 2. The molecule has 4 aromatic rings. The van der Waals surface area contributed by atoms with Gasteiger partial charge in [-0.05, 0) is 29.8 Å². The summed E-state index contributed by atoms with van der Waals surface area (Å²) in [7, 11) is 0. The Bertz CT molecular complexity index is 965. The van der Waals surface area contributed by atoms with Crippen LogP contribution < -0.4 is 5.32 Å². The molecule has 2 heteroatoms. The largest absolute Gasteiger partial charge is 0.354 e. The van der Waals surface area contributed by atoms with Gasteiger partial charge in [-0.1, -0.05) is 55.1 Å². The number of hydrogen-bond acceptors (Lipinski definition) is 1. The van der Waals surface area contributed by atoms with E-state index in [1.54, 1.807) is 0 Å². The van der Waals surface area contributed by atoms with Crippen molar-refractivity contribution in [2.24, 2.45) is 0 Å². The van der Waals surface area contributed by atoms with Crippen molar-refractivity contribution in [3.8, 4) is 0 Å². The number of rotatable bonds is 3. The fourth-order valence-corrected chi connectivity index (χ4v) is 2.93. The summed E-state index contributed by atoms with van der Waals surface area (Å²) in [5.74, 6) is 0. The number of benzene rings is 3. The highest BCUT2D eigenvalue weighted by Gasteiger charge is 2.11. The molecular weight excluding hydrogens is 268 g/mol. The van der Waals surface area contributed by atoms with E-state index in [1.165, 1.54) is 10.8 Å². The molecule has 0 aliphatic rings. The average Bonchev–Trinajstić information content (AvgIpc) is 2.95. The molecule has 0 fully saturated rings. The Balaban J connectivity index is 2.03. The molecule has 2 N–H and O–H groups in total. The Morgan fingerprint density at radius 1 is 0.818 bits per heavy atom. The summed E-state index contributed by atoms with van der Waals surface area (Å²) in [5, 5.41) is 5.98. The third kappa shape index (κ3) is 1.97. The topological polar surface area (TPSA) is 27.8 Å². The molecule has 1 heterocycles. The number of nitrogens with one attached hydrogen (secondary N) is 2. The van der Waals surface area contributed by atoms with Crippen LogP contribution in [0.4, 0.5) is 11.4 Å². The average molecular weight is 284 g/mol. The molecule has 0 unspecified atom stereocenters. The fourth-order valence-electron chi connectivity index (χ4n) is 2.93. The van der Waals surface area contributed by atoms with Crippen molar-refractivity contribution < 1.29 is 0 Å². The fraction of sp³-hybridized carbons (Fsp3) is 0. The van der Waals surface area contributed by atoms with Crippen LogP contribution >= 0.6 is 0 Å². The van der Waals surface area contributed by atoms with Crippen molar-refractivity contribution in [3.63, 3.8) is 0 Å². The van der Waals surface area contributed by atoms with E-state index in [1.807, 2.05) is 24.3 Å². The Labute approximate surface area is 129 Å². The molecule has 0 saturated heterocycles. The number of fused-ring (bicyclic) bond motifs is 3. The predicted octanol–water partition coefficient (Wildman–Crippen LogP) is 5.71. The van der Waals surface area contributed by atoms with Gasteiger partial charge in [0.2, 0.25) is 0 Å². The smallest absolute Gasteiger partial charge is 0.0559 e. The van der Waals surface area contributed by atoms with Crippen LogP contribution in [0.5, 0.6) is 0 Å². The first-order valence-corrected chi connectivity index (χ1v) is 7.35. The lowest BCUT2D eigenvalue weighted by atomic mass is 10.1. The molecule has 0 saturated carbocycles. The normalized spacial score (nSPS) is 10.9. The van der Waals surface area contributed by atoms with Gasteiger partial charge in [-0.2, -0.15) is 0 Å². The van der Waals surface area contributed by atoms with Crippen molar-refractivity contribution in [2.45, 2.75) is 0 Å². The van der Waals surface area contributed by atoms with Crippen LogP contribution in [0, 0.1) is 0 Å². The molecule has 0 aliphatic heterocycles. The summed E-state index contributed by atoms with van der Waals surface area (Å²) in [4.78, 5) is 3.48. The Hall–Kier alpha value is -3.00. The third-order valence-electron chi connectivity index (χ3n) is 3.97. The summed E-state index contributed by atoms with van der Waals surface area (Å²) >= 11 is 0. The quantitative estimate of drug-likeness (QED) is 0.495. The lowest BCUT2D eigenvalue weighted by Gasteiger charge is -2.12. The second-order valence-corrected chi connectivity index (χ2v) is 5.32. The van der Waals surface area contributed by atoms with Gasteiger partial charge in [0.25, 0.3) is 0 Å². The Morgan fingerprint density at radius 2 is 1.59 bits per heavy atom. The van der Waals surface area contributed by atoms with Crippen molar-refractivity contribution in [1.82, 2.24) is 4.98 Å². The zero-order chi connectivity index (χ0) is 14.9. The third-order valence-corrected chi connectivity index (χ3v) is 3.97. The van der Waals surface area contributed by atoms with Crippen molar-refractivity contribution in [1.29, 1.82) is 0 Å². The van der Waals surface area contributed by atoms with Gasteiger partial charge >= 0.3 is 0 Å². The van der Waals surface area contributed by atoms with Crippen LogP contribution in [-0.2, 0) is 0 Å². The SMILES string of the molecule is C=Cc1ccc2[nH]c3ccccc3c2c1Nc1ccccc1. The van der Waals surface area contributed by atoms with Gasteiger partial charge in [0.05, 0.1) is 5.69 Å². The van der Waals surface area contributed by atoms with Crippen LogP contribution in [-0.4, -0.2) is 4.98 Å². The van der Waals surface area contributed by atoms with E-state index in [9.17, 15) is 0 Å². The van der Waals surface area contributed by atoms with Crippen LogP contribution in [0.3, 0.4) is 0 Å². The van der Waals surface area contributed by atoms with E-state index >= 15 is 0 Å². The standard InChI is InChI=1S/C20H16N2/c1-2-14-12-13-18-19(16-10-6-7-11-17(16)22-18)20(14)21-15-8-4-3-5-9-15/h2-13,21-22H,1H2. The van der Waals surface area contributed by atoms with Crippen molar-refractivity contribution in [3.05, 3.63) is 78.9 Å². The molecule has 1 aromatic heterocycles. The number of anilines is 2. The van der Waals surface area contributed by atoms with Gasteiger partial charge in [0, 0.05) is 27.5 Å². The molecule has 0 bridgehead atoms. The number of H-pyrrole nitrogens is 1. The van der Waals surface area contributed by atoms with Gasteiger partial charge in [-0.3, -0.25) is 0 Å². The van der Waals surface area contributed by atoms with E-state index in [4.69, 9.17) is 0 Å². The second kappa shape index (κ2) is 5.08. The minimum Gasteiger partial charge on any atom is -0.354 e. The lowest BCUT2D eigenvalue weighted by Crippen LogP contribution is -1.93. The Kier molecular flexibility index (Phi) is 2.94. The zero-order valence-electron chi connectivity index (χ0n) is 12.1. The van der Waals surface area contributed by atoms with E-state index < -0.39 is 0 Å². The maximum atomic E-state index is 3.95. The number of para-hydroxylation sites is 2. The first kappa shape index (κ1) is 12.7. The highest BCUT2D eigenvalue weighted by atomic mass is 14.9. The van der Waals surface area contributed by atoms with E-state index in [0.717, 1.165) is 28.0 Å². The molecule has 2 nitrogen and oxygen atoms in total. The van der Waals surface area contributed by atoms with Crippen LogP contribution in [0.2, 0.25) is 0 Å². The summed E-state index contributed by atoms with van der Waals surface area (Å²) in [5.41, 5.74) is 5.54. The number of aromatic amines is 1. The van der Waals surface area contributed by atoms with Gasteiger partial charge in [0.15, 0.2) is 0 Å². The first-order valence-electron chi connectivity index (χ1n) is 7.35. The molecule has 106 valence electrons. The minimum atomic E-state index is 1.07. The highest BCUT2D eigenvalue weighted by Crippen LogP contribution is 2.36. The summed E-state index contributed by atoms with van der Waals surface area (Å²) in [6.07, 6.45) is 1.90. The minimum absolute atomic E-state index is 1.07. The van der Waals surface area contributed by atoms with Crippen molar-refractivity contribution >= 4 is 39.3 Å². The molecule has 0 amide bonds. The van der Waals surface area contributed by atoms with Crippen molar-refractivity contribution in [2.75, 3.05) is 5.32 Å². The maximum absolute atomic E-state index is 3.95. The summed E-state index contributed by atoms with van der Waals surface area (Å²) < 4.78 is 0. The highest BCUT2D eigenvalue weighted by molar-refractivity contribution is 6.15. The number of aromatic nitrogens is 1. The van der Waals surface area contributed by atoms with Crippen LogP contribution in [0.1, 0.15) is 5.56 Å². The molecule has 22 heavy (non-hydrogen) atoms. The molecule has 3 aromatic carbocycles. The predicted molar refractivity (Wildman–Crippen MR) is 95.6 cm³/mol. The second-order valence-electron chi connectivity index (χ2n) is 5.32. The van der Waals surface area contributed by atoms with E-state index in [2.05, 4.69) is 65.4 Å². The van der Waals surface area contributed by atoms with Gasteiger partial charge in [0.1, 0.15) is 0 Å². The molecule has 0 aliphatic carbocycles. The van der Waals surface area contributed by atoms with Gasteiger partial charge in [-0.15, -0.1) is 0 Å².